The van der Waals surface area contributed by atoms with Crippen LogP contribution in [0.5, 0.6) is 0 Å². The number of nitrogens with one attached hydrogen (secondary N) is 1. The number of benzene rings is 2. The third kappa shape index (κ3) is 3.59. The Morgan fingerprint density at radius 1 is 1.12 bits per heavy atom. The zero-order chi connectivity index (χ0) is 18.7. The van der Waals surface area contributed by atoms with Gasteiger partial charge in [0.2, 0.25) is 5.91 Å². The molecule has 1 N–H and O–H groups in total. The van der Waals surface area contributed by atoms with Gasteiger partial charge in [-0.05, 0) is 56.2 Å². The van der Waals surface area contributed by atoms with Gasteiger partial charge in [0.1, 0.15) is 0 Å². The molecule has 0 spiro atoms. The van der Waals surface area contributed by atoms with E-state index in [-0.39, 0.29) is 5.91 Å². The molecule has 0 atom stereocenters. The lowest BCUT2D eigenvalue weighted by Crippen LogP contribution is -2.22. The quantitative estimate of drug-likeness (QED) is 0.711. The number of hydrogen-bond acceptors (Lipinski definition) is 2. The lowest BCUT2D eigenvalue weighted by molar-refractivity contribution is -0.115. The minimum Gasteiger partial charge on any atom is -0.372 e. The van der Waals surface area contributed by atoms with Gasteiger partial charge < -0.3 is 14.8 Å². The van der Waals surface area contributed by atoms with E-state index < -0.39 is 0 Å². The van der Waals surface area contributed by atoms with Gasteiger partial charge >= 0.3 is 0 Å². The van der Waals surface area contributed by atoms with Crippen molar-refractivity contribution in [1.82, 2.24) is 4.57 Å². The molecule has 1 heterocycles. The van der Waals surface area contributed by atoms with E-state index in [9.17, 15) is 4.79 Å². The van der Waals surface area contributed by atoms with Gasteiger partial charge in [-0.15, -0.1) is 0 Å². The van der Waals surface area contributed by atoms with Crippen LogP contribution >= 0.6 is 0 Å². The largest absolute Gasteiger partial charge is 0.372 e. The van der Waals surface area contributed by atoms with Crippen LogP contribution in [0.15, 0.2) is 48.7 Å². The highest BCUT2D eigenvalue weighted by Gasteiger charge is 2.12. The molecular weight excluding hydrogens is 322 g/mol. The molecule has 4 heteroatoms. The van der Waals surface area contributed by atoms with Crippen molar-refractivity contribution in [3.05, 3.63) is 59.8 Å². The van der Waals surface area contributed by atoms with Crippen LogP contribution in [0.1, 0.15) is 25.0 Å². The van der Waals surface area contributed by atoms with Crippen LogP contribution in [0.4, 0.5) is 11.4 Å². The fourth-order valence-corrected chi connectivity index (χ4v) is 3.51. The Kier molecular flexibility index (Phi) is 5.31. The molecule has 136 valence electrons. The highest BCUT2D eigenvalue weighted by atomic mass is 16.1. The molecule has 0 saturated heterocycles. The van der Waals surface area contributed by atoms with Crippen LogP contribution < -0.4 is 10.2 Å². The van der Waals surface area contributed by atoms with Crippen LogP contribution in [0.25, 0.3) is 10.9 Å². The van der Waals surface area contributed by atoms with Gasteiger partial charge in [0.15, 0.2) is 0 Å². The molecule has 0 aliphatic heterocycles. The molecule has 3 aromatic rings. The van der Waals surface area contributed by atoms with Gasteiger partial charge in [-0.1, -0.05) is 18.2 Å². The molecule has 0 saturated carbocycles. The number of fused-ring (bicyclic) bond motifs is 1. The number of para-hydroxylation sites is 1. The summed E-state index contributed by atoms with van der Waals surface area (Å²) in [5.41, 5.74) is 5.36. The summed E-state index contributed by atoms with van der Waals surface area (Å²) in [5.74, 6) is 0.0139. The van der Waals surface area contributed by atoms with E-state index in [4.69, 9.17) is 0 Å². The van der Waals surface area contributed by atoms with Crippen molar-refractivity contribution in [3.63, 3.8) is 0 Å². The summed E-state index contributed by atoms with van der Waals surface area (Å²) in [7, 11) is 2.01. The summed E-state index contributed by atoms with van der Waals surface area (Å²) in [4.78, 5) is 14.9. The number of nitrogens with zero attached hydrogens (tertiary/aromatic N) is 2. The summed E-state index contributed by atoms with van der Waals surface area (Å²) >= 11 is 0. The first-order valence-electron chi connectivity index (χ1n) is 9.21. The van der Waals surface area contributed by atoms with Crippen molar-refractivity contribution < 1.29 is 4.79 Å². The average molecular weight is 349 g/mol. The van der Waals surface area contributed by atoms with Crippen LogP contribution in [-0.4, -0.2) is 23.6 Å². The Hall–Kier alpha value is -2.75. The van der Waals surface area contributed by atoms with Gasteiger partial charge in [-0.25, -0.2) is 0 Å². The van der Waals surface area contributed by atoms with Crippen molar-refractivity contribution in [1.29, 1.82) is 0 Å². The molecule has 1 aromatic heterocycles. The topological polar surface area (TPSA) is 37.3 Å². The Morgan fingerprint density at radius 3 is 2.54 bits per heavy atom. The lowest BCUT2D eigenvalue weighted by atomic mass is 10.1. The maximum atomic E-state index is 12.6. The van der Waals surface area contributed by atoms with Crippen LogP contribution in [0.2, 0.25) is 0 Å². The molecule has 2 aromatic carbocycles. The molecule has 0 aliphatic carbocycles. The zero-order valence-electron chi connectivity index (χ0n) is 16.0. The number of rotatable bonds is 6. The van der Waals surface area contributed by atoms with E-state index in [0.29, 0.717) is 6.42 Å². The highest BCUT2D eigenvalue weighted by molar-refractivity contribution is 5.96. The predicted molar refractivity (Wildman–Crippen MR) is 110 cm³/mol. The Balaban J connectivity index is 1.75. The van der Waals surface area contributed by atoms with Gasteiger partial charge in [-0.3, -0.25) is 4.79 Å². The average Bonchev–Trinajstić information content (AvgIpc) is 2.94. The summed E-state index contributed by atoms with van der Waals surface area (Å²) < 4.78 is 2.07. The van der Waals surface area contributed by atoms with Crippen molar-refractivity contribution in [2.24, 2.45) is 7.05 Å². The molecule has 1 amide bonds. The minimum absolute atomic E-state index is 0.0139. The number of aryl methyl sites for hydroxylation is 2. The lowest BCUT2D eigenvalue weighted by Gasteiger charge is -2.22. The number of amides is 1. The second-order valence-corrected chi connectivity index (χ2v) is 6.68. The summed E-state index contributed by atoms with van der Waals surface area (Å²) in [5, 5.41) is 4.21. The van der Waals surface area contributed by atoms with Gasteiger partial charge in [0.05, 0.1) is 6.42 Å². The monoisotopic (exact) mass is 349 g/mol. The predicted octanol–water partition coefficient (Wildman–Crippen LogP) is 4.51. The fourth-order valence-electron chi connectivity index (χ4n) is 3.51. The molecule has 0 radical (unpaired) electrons. The number of aromatic nitrogens is 1. The molecule has 0 bridgehead atoms. The van der Waals surface area contributed by atoms with Crippen molar-refractivity contribution in [2.45, 2.75) is 27.2 Å². The maximum Gasteiger partial charge on any atom is 0.228 e. The smallest absolute Gasteiger partial charge is 0.228 e. The number of anilines is 2. The fraction of sp³-hybridized carbons (Fsp3) is 0.318. The Bertz CT molecular complexity index is 922. The number of carbonyl (C=O) groups excluding carboxylic acids is 1. The van der Waals surface area contributed by atoms with Crippen molar-refractivity contribution in [2.75, 3.05) is 23.3 Å². The summed E-state index contributed by atoms with van der Waals surface area (Å²) in [6.45, 7) is 8.30. The van der Waals surface area contributed by atoms with E-state index in [2.05, 4.69) is 52.9 Å². The minimum atomic E-state index is 0.0139. The van der Waals surface area contributed by atoms with Crippen LogP contribution in [0.3, 0.4) is 0 Å². The second-order valence-electron chi connectivity index (χ2n) is 6.68. The van der Waals surface area contributed by atoms with Crippen molar-refractivity contribution >= 4 is 28.2 Å². The SMILES string of the molecule is CCN(CC)c1ccc(NC(=O)Cc2cn(C)c3ccccc23)c(C)c1. The third-order valence-corrected chi connectivity index (χ3v) is 4.94. The van der Waals surface area contributed by atoms with Gasteiger partial charge in [0, 0.05) is 48.6 Å². The Labute approximate surface area is 155 Å². The normalized spacial score (nSPS) is 10.9. The molecule has 0 unspecified atom stereocenters. The Morgan fingerprint density at radius 2 is 1.85 bits per heavy atom. The standard InChI is InChI=1S/C22H27N3O/c1-5-25(6-2)18-11-12-20(16(3)13-18)23-22(26)14-17-15-24(4)21-10-8-7-9-19(17)21/h7-13,15H,5-6,14H2,1-4H3,(H,23,26). The second kappa shape index (κ2) is 7.65. The number of carbonyl (C=O) groups is 1. The van der Waals surface area contributed by atoms with Crippen molar-refractivity contribution in [3.8, 4) is 0 Å². The molecule has 4 nitrogen and oxygen atoms in total. The first kappa shape index (κ1) is 18.1. The zero-order valence-corrected chi connectivity index (χ0v) is 16.0. The van der Waals surface area contributed by atoms with Gasteiger partial charge in [0.25, 0.3) is 0 Å². The molecule has 0 aliphatic rings. The highest BCUT2D eigenvalue weighted by Crippen LogP contribution is 2.24. The van der Waals surface area contributed by atoms with Gasteiger partial charge in [-0.2, -0.15) is 0 Å². The number of hydrogen-bond donors (Lipinski definition) is 1. The van der Waals surface area contributed by atoms with E-state index in [1.165, 1.54) is 5.69 Å². The molecule has 0 fully saturated rings. The molecule has 3 rings (SSSR count). The van der Waals surface area contributed by atoms with E-state index in [1.54, 1.807) is 0 Å². The third-order valence-electron chi connectivity index (χ3n) is 4.94. The van der Waals surface area contributed by atoms with E-state index in [1.807, 2.05) is 38.4 Å². The van der Waals surface area contributed by atoms with Crippen LogP contribution in [-0.2, 0) is 18.3 Å². The molecule has 26 heavy (non-hydrogen) atoms. The summed E-state index contributed by atoms with van der Waals surface area (Å²) in [6.07, 6.45) is 2.42. The van der Waals surface area contributed by atoms with E-state index in [0.717, 1.165) is 40.8 Å². The van der Waals surface area contributed by atoms with E-state index >= 15 is 0 Å². The summed E-state index contributed by atoms with van der Waals surface area (Å²) in [6, 6.07) is 14.4. The molecular formula is C22H27N3O. The van der Waals surface area contributed by atoms with Crippen LogP contribution in [0, 0.1) is 6.92 Å². The maximum absolute atomic E-state index is 12.6. The first-order chi connectivity index (χ1) is 12.5. The first-order valence-corrected chi connectivity index (χ1v) is 9.21.